The second kappa shape index (κ2) is 10.3. The lowest BCUT2D eigenvalue weighted by atomic mass is 9.84. The smallest absolute Gasteiger partial charge is 0.240 e. The zero-order valence-electron chi connectivity index (χ0n) is 19.8. The number of carbonyl (C=O) groups is 1. The Morgan fingerprint density at radius 2 is 1.71 bits per heavy atom. The van der Waals surface area contributed by atoms with Crippen molar-refractivity contribution in [2.45, 2.75) is 62.1 Å². The second-order valence-corrected chi connectivity index (χ2v) is 11.3. The number of aromatic nitrogens is 1. The van der Waals surface area contributed by atoms with E-state index in [0.717, 1.165) is 11.1 Å². The average molecular weight is 498 g/mol. The van der Waals surface area contributed by atoms with E-state index in [2.05, 4.69) is 15.0 Å². The lowest BCUT2D eigenvalue weighted by Gasteiger charge is -2.34. The lowest BCUT2D eigenvalue weighted by Crippen LogP contribution is -2.46. The number of sulfonamides is 1. The Morgan fingerprint density at radius 3 is 2.29 bits per heavy atom. The second-order valence-electron chi connectivity index (χ2n) is 9.57. The van der Waals surface area contributed by atoms with Crippen LogP contribution in [-0.2, 0) is 14.8 Å². The number of rotatable bonds is 8. The van der Waals surface area contributed by atoms with Crippen molar-refractivity contribution >= 4 is 15.9 Å². The monoisotopic (exact) mass is 497 g/mol. The molecule has 1 heterocycles. The number of nitrogens with one attached hydrogen (secondary N) is 2. The van der Waals surface area contributed by atoms with Gasteiger partial charge in [-0.1, -0.05) is 30.3 Å². The number of aliphatic hydroxyl groups is 1. The molecule has 3 N–H and O–H groups in total. The molecule has 0 unspecified atom stereocenters. The molecular weight excluding hydrogens is 466 g/mol. The fourth-order valence-corrected chi connectivity index (χ4v) is 5.80. The van der Waals surface area contributed by atoms with E-state index >= 15 is 0 Å². The summed E-state index contributed by atoms with van der Waals surface area (Å²) in [6.07, 6.45) is 5.15. The molecule has 1 fully saturated rings. The molecule has 1 aromatic heterocycles. The van der Waals surface area contributed by atoms with Crippen molar-refractivity contribution in [2.24, 2.45) is 5.92 Å². The lowest BCUT2D eigenvalue weighted by molar-refractivity contribution is -0.128. The molecular formula is C26H31N3O5S. The predicted molar refractivity (Wildman–Crippen MR) is 132 cm³/mol. The van der Waals surface area contributed by atoms with E-state index in [0.29, 0.717) is 31.4 Å². The van der Waals surface area contributed by atoms with Gasteiger partial charge in [0.05, 0.1) is 22.7 Å². The van der Waals surface area contributed by atoms with Crippen molar-refractivity contribution < 1.29 is 22.7 Å². The Labute approximate surface area is 205 Å². The van der Waals surface area contributed by atoms with Crippen molar-refractivity contribution in [3.05, 3.63) is 72.8 Å². The highest BCUT2D eigenvalue weighted by atomic mass is 32.2. The van der Waals surface area contributed by atoms with Crippen molar-refractivity contribution in [3.63, 3.8) is 0 Å². The van der Waals surface area contributed by atoms with Crippen molar-refractivity contribution in [1.29, 1.82) is 0 Å². The molecule has 186 valence electrons. The first-order valence-electron chi connectivity index (χ1n) is 11.7. The van der Waals surface area contributed by atoms with Gasteiger partial charge in [0, 0.05) is 17.5 Å². The Kier molecular flexibility index (Phi) is 7.39. The molecule has 1 aliphatic carbocycles. The van der Waals surface area contributed by atoms with E-state index in [1.165, 1.54) is 6.39 Å². The molecule has 0 bridgehead atoms. The van der Waals surface area contributed by atoms with Gasteiger partial charge in [0.2, 0.25) is 15.9 Å². The molecule has 9 heteroatoms. The van der Waals surface area contributed by atoms with E-state index in [4.69, 9.17) is 4.42 Å². The maximum absolute atomic E-state index is 13.0. The Balaban J connectivity index is 1.33. The number of amides is 1. The SMILES string of the molecule is CC(C)(O)[C@@H](NC(=O)[C@H]1CC[C@H](NS(=O)(=O)c2ccc(-c3cnco3)cc2)CC1)c1ccccc1. The molecule has 4 rings (SSSR count). The van der Waals surface area contributed by atoms with E-state index in [9.17, 15) is 18.3 Å². The summed E-state index contributed by atoms with van der Waals surface area (Å²) >= 11 is 0. The fraction of sp³-hybridized carbons (Fsp3) is 0.385. The number of hydrogen-bond acceptors (Lipinski definition) is 6. The summed E-state index contributed by atoms with van der Waals surface area (Å²) in [5.41, 5.74) is 0.448. The van der Waals surface area contributed by atoms with Crippen LogP contribution >= 0.6 is 0 Å². The van der Waals surface area contributed by atoms with Gasteiger partial charge in [0.1, 0.15) is 0 Å². The zero-order chi connectivity index (χ0) is 25.1. The first kappa shape index (κ1) is 25.1. The fourth-order valence-electron chi connectivity index (χ4n) is 4.49. The molecule has 1 atom stereocenters. The summed E-state index contributed by atoms with van der Waals surface area (Å²) < 4.78 is 33.8. The van der Waals surface area contributed by atoms with Gasteiger partial charge in [-0.05, 0) is 69.4 Å². The number of oxazole rings is 1. The van der Waals surface area contributed by atoms with Crippen LogP contribution in [0.1, 0.15) is 51.1 Å². The van der Waals surface area contributed by atoms with Gasteiger partial charge in [-0.3, -0.25) is 4.79 Å². The molecule has 2 aromatic carbocycles. The topological polar surface area (TPSA) is 122 Å². The van der Waals surface area contributed by atoms with E-state index < -0.39 is 21.7 Å². The third-order valence-electron chi connectivity index (χ3n) is 6.43. The highest BCUT2D eigenvalue weighted by Gasteiger charge is 2.34. The standard InChI is InChI=1S/C26H31N3O5S/c1-26(2,31)24(19-6-4-3-5-7-19)28-25(30)20-8-12-21(13-9-20)29-35(32,33)22-14-10-18(11-15-22)23-16-27-17-34-23/h3-7,10-11,14-17,20-21,24,29,31H,8-9,12-13H2,1-2H3,(H,28,30)/t20-,21-,24-/m0/s1. The molecule has 0 spiro atoms. The molecule has 3 aromatic rings. The van der Waals surface area contributed by atoms with Crippen molar-refractivity contribution in [3.8, 4) is 11.3 Å². The van der Waals surface area contributed by atoms with Crippen LogP contribution < -0.4 is 10.0 Å². The number of nitrogens with zero attached hydrogens (tertiary/aromatic N) is 1. The minimum atomic E-state index is -3.69. The predicted octanol–water partition coefficient (Wildman–Crippen LogP) is 3.81. The van der Waals surface area contributed by atoms with Gasteiger partial charge in [-0.25, -0.2) is 18.1 Å². The molecule has 0 radical (unpaired) electrons. The summed E-state index contributed by atoms with van der Waals surface area (Å²) in [5.74, 6) is 0.216. The highest BCUT2D eigenvalue weighted by Crippen LogP contribution is 2.30. The van der Waals surface area contributed by atoms with Crippen LogP contribution in [0.15, 0.2) is 76.5 Å². The molecule has 8 nitrogen and oxygen atoms in total. The Bertz CT molecular complexity index is 1210. The van der Waals surface area contributed by atoms with Crippen molar-refractivity contribution in [2.75, 3.05) is 0 Å². The summed E-state index contributed by atoms with van der Waals surface area (Å²) in [4.78, 5) is 17.0. The molecule has 0 saturated heterocycles. The first-order valence-corrected chi connectivity index (χ1v) is 13.2. The highest BCUT2D eigenvalue weighted by molar-refractivity contribution is 7.89. The third kappa shape index (κ3) is 6.17. The van der Waals surface area contributed by atoms with Crippen LogP contribution in [0.2, 0.25) is 0 Å². The molecule has 1 saturated carbocycles. The van der Waals surface area contributed by atoms with Crippen LogP contribution in [0.25, 0.3) is 11.3 Å². The van der Waals surface area contributed by atoms with Crippen LogP contribution in [-0.4, -0.2) is 36.1 Å². The van der Waals surface area contributed by atoms with Crippen LogP contribution in [0.3, 0.4) is 0 Å². The van der Waals surface area contributed by atoms with Gasteiger partial charge < -0.3 is 14.8 Å². The first-order chi connectivity index (χ1) is 16.6. The third-order valence-corrected chi connectivity index (χ3v) is 7.96. The summed E-state index contributed by atoms with van der Waals surface area (Å²) in [6, 6.07) is 15.1. The molecule has 1 aliphatic rings. The van der Waals surface area contributed by atoms with Gasteiger partial charge in [0.25, 0.3) is 0 Å². The summed E-state index contributed by atoms with van der Waals surface area (Å²) in [5, 5.41) is 13.6. The zero-order valence-corrected chi connectivity index (χ0v) is 20.7. The van der Waals surface area contributed by atoms with Gasteiger partial charge in [-0.15, -0.1) is 0 Å². The average Bonchev–Trinajstić information content (AvgIpc) is 3.38. The summed E-state index contributed by atoms with van der Waals surface area (Å²) in [7, 11) is -3.69. The number of carbonyl (C=O) groups excluding carboxylic acids is 1. The Morgan fingerprint density at radius 1 is 1.06 bits per heavy atom. The quantitative estimate of drug-likeness (QED) is 0.435. The minimum Gasteiger partial charge on any atom is -0.444 e. The van der Waals surface area contributed by atoms with Crippen LogP contribution in [0.5, 0.6) is 0 Å². The molecule has 35 heavy (non-hydrogen) atoms. The van der Waals surface area contributed by atoms with Crippen LogP contribution in [0, 0.1) is 5.92 Å². The number of benzene rings is 2. The molecule has 1 amide bonds. The van der Waals surface area contributed by atoms with Crippen molar-refractivity contribution in [1.82, 2.24) is 15.0 Å². The summed E-state index contributed by atoms with van der Waals surface area (Å²) in [6.45, 7) is 3.35. The number of hydrogen-bond donors (Lipinski definition) is 3. The van der Waals surface area contributed by atoms with E-state index in [-0.39, 0.29) is 22.8 Å². The van der Waals surface area contributed by atoms with E-state index in [1.54, 1.807) is 44.3 Å². The molecule has 0 aliphatic heterocycles. The van der Waals surface area contributed by atoms with E-state index in [1.807, 2.05) is 30.3 Å². The minimum absolute atomic E-state index is 0.120. The van der Waals surface area contributed by atoms with Gasteiger partial charge >= 0.3 is 0 Å². The van der Waals surface area contributed by atoms with Crippen LogP contribution in [0.4, 0.5) is 0 Å². The largest absolute Gasteiger partial charge is 0.444 e. The maximum atomic E-state index is 13.0. The maximum Gasteiger partial charge on any atom is 0.240 e. The normalized spacial score (nSPS) is 19.7. The van der Waals surface area contributed by atoms with Gasteiger partial charge in [-0.2, -0.15) is 0 Å². The Hall–Kier alpha value is -3.01. The van der Waals surface area contributed by atoms with Gasteiger partial charge in [0.15, 0.2) is 12.2 Å².